The Hall–Kier alpha value is -1.86. The first kappa shape index (κ1) is 17.9. The number of nitro benzene ring substituents is 1. The number of non-ortho nitro benzene ring substituents is 1. The van der Waals surface area contributed by atoms with Crippen molar-refractivity contribution in [3.8, 4) is 11.5 Å². The van der Waals surface area contributed by atoms with Gasteiger partial charge in [-0.2, -0.15) is 0 Å². The van der Waals surface area contributed by atoms with Crippen LogP contribution in [0.5, 0.6) is 11.5 Å². The van der Waals surface area contributed by atoms with Crippen molar-refractivity contribution in [1.82, 2.24) is 4.98 Å². The maximum Gasteiger partial charge on any atom is 0.271 e. The largest absolute Gasteiger partial charge is 0.455 e. The molecule has 0 amide bonds. The number of fused-ring (bicyclic) bond motifs is 1. The molecule has 130 valence electrons. The Bertz CT molecular complexity index is 914. The van der Waals surface area contributed by atoms with Gasteiger partial charge in [-0.25, -0.2) is 0 Å². The third-order valence-corrected chi connectivity index (χ3v) is 5.13. The van der Waals surface area contributed by atoms with E-state index in [1.54, 1.807) is 0 Å². The van der Waals surface area contributed by atoms with E-state index in [2.05, 4.69) is 43.8 Å². The van der Waals surface area contributed by atoms with E-state index in [0.29, 0.717) is 20.4 Å². The summed E-state index contributed by atoms with van der Waals surface area (Å²) in [6.07, 6.45) is 5.34. The Morgan fingerprint density at radius 3 is 2.56 bits per heavy atom. The SMILES string of the molecule is CCCCc1c[nH]c2ccc(Oc3c(Br)cc([N+](=O)[O-])cc3Br)cc12. The van der Waals surface area contributed by atoms with Crippen LogP contribution in [0.1, 0.15) is 25.3 Å². The normalized spacial score (nSPS) is 11.0. The van der Waals surface area contributed by atoms with Crippen molar-refractivity contribution in [3.63, 3.8) is 0 Å². The summed E-state index contributed by atoms with van der Waals surface area (Å²) in [4.78, 5) is 13.8. The predicted molar refractivity (Wildman–Crippen MR) is 105 cm³/mol. The molecule has 0 fully saturated rings. The van der Waals surface area contributed by atoms with Gasteiger partial charge in [0.1, 0.15) is 5.75 Å². The van der Waals surface area contributed by atoms with Crippen molar-refractivity contribution in [2.45, 2.75) is 26.2 Å². The number of aromatic amines is 1. The monoisotopic (exact) mass is 466 g/mol. The van der Waals surface area contributed by atoms with E-state index < -0.39 is 4.92 Å². The minimum Gasteiger partial charge on any atom is -0.455 e. The summed E-state index contributed by atoms with van der Waals surface area (Å²) < 4.78 is 7.03. The number of aryl methyl sites for hydroxylation is 1. The van der Waals surface area contributed by atoms with Gasteiger partial charge in [0.2, 0.25) is 0 Å². The van der Waals surface area contributed by atoms with Gasteiger partial charge >= 0.3 is 0 Å². The van der Waals surface area contributed by atoms with Crippen LogP contribution in [-0.4, -0.2) is 9.91 Å². The number of rotatable bonds is 6. The van der Waals surface area contributed by atoms with Crippen LogP contribution in [0.4, 0.5) is 5.69 Å². The smallest absolute Gasteiger partial charge is 0.271 e. The molecule has 0 atom stereocenters. The molecule has 3 aromatic rings. The van der Waals surface area contributed by atoms with E-state index in [4.69, 9.17) is 4.74 Å². The number of aromatic nitrogens is 1. The Morgan fingerprint density at radius 2 is 1.92 bits per heavy atom. The number of nitro groups is 1. The first-order valence-corrected chi connectivity index (χ1v) is 9.49. The molecular weight excluding hydrogens is 452 g/mol. The molecule has 25 heavy (non-hydrogen) atoms. The Labute approximate surface area is 161 Å². The van der Waals surface area contributed by atoms with Gasteiger partial charge in [0.05, 0.1) is 13.9 Å². The zero-order valence-electron chi connectivity index (χ0n) is 13.5. The zero-order chi connectivity index (χ0) is 18.0. The Morgan fingerprint density at radius 1 is 1.20 bits per heavy atom. The van der Waals surface area contributed by atoms with Crippen LogP contribution in [-0.2, 0) is 6.42 Å². The highest BCUT2D eigenvalue weighted by molar-refractivity contribution is 9.11. The first-order valence-electron chi connectivity index (χ1n) is 7.91. The molecule has 7 heteroatoms. The van der Waals surface area contributed by atoms with Crippen LogP contribution in [0, 0.1) is 10.1 Å². The van der Waals surface area contributed by atoms with Crippen molar-refractivity contribution >= 4 is 48.5 Å². The van der Waals surface area contributed by atoms with Crippen LogP contribution in [0.25, 0.3) is 10.9 Å². The maximum atomic E-state index is 10.9. The summed E-state index contributed by atoms with van der Waals surface area (Å²) in [6, 6.07) is 8.72. The number of ether oxygens (including phenoxy) is 1. The fraction of sp³-hybridized carbons (Fsp3) is 0.222. The number of nitrogens with zero attached hydrogens (tertiary/aromatic N) is 1. The average molecular weight is 468 g/mol. The van der Waals surface area contributed by atoms with Gasteiger partial charge in [-0.3, -0.25) is 10.1 Å². The van der Waals surface area contributed by atoms with Crippen LogP contribution in [0.3, 0.4) is 0 Å². The molecular formula is C18H16Br2N2O3. The highest BCUT2D eigenvalue weighted by atomic mass is 79.9. The zero-order valence-corrected chi connectivity index (χ0v) is 16.7. The topological polar surface area (TPSA) is 68.2 Å². The van der Waals surface area contributed by atoms with Gasteiger partial charge in [-0.15, -0.1) is 0 Å². The van der Waals surface area contributed by atoms with Gasteiger partial charge in [-0.1, -0.05) is 13.3 Å². The standard InChI is InChI=1S/C18H16Br2N2O3/c1-2-3-4-11-10-21-17-6-5-13(9-14(11)17)25-18-15(19)7-12(22(23)24)8-16(18)20/h5-10,21H,2-4H2,1H3. The van der Waals surface area contributed by atoms with E-state index in [1.165, 1.54) is 17.7 Å². The number of unbranched alkanes of at least 4 members (excludes halogenated alkanes) is 1. The second-order valence-corrected chi connectivity index (χ2v) is 7.43. The third kappa shape index (κ3) is 3.88. The van der Waals surface area contributed by atoms with Crippen molar-refractivity contribution < 1.29 is 9.66 Å². The molecule has 5 nitrogen and oxygen atoms in total. The van der Waals surface area contributed by atoms with Crippen LogP contribution < -0.4 is 4.74 Å². The lowest BCUT2D eigenvalue weighted by Crippen LogP contribution is -1.92. The number of nitrogens with one attached hydrogen (secondary N) is 1. The van der Waals surface area contributed by atoms with E-state index >= 15 is 0 Å². The minimum absolute atomic E-state index is 0.00552. The highest BCUT2D eigenvalue weighted by Crippen LogP contribution is 2.40. The molecule has 0 saturated carbocycles. The van der Waals surface area contributed by atoms with E-state index in [0.717, 1.165) is 30.2 Å². The number of hydrogen-bond acceptors (Lipinski definition) is 3. The van der Waals surface area contributed by atoms with Crippen LogP contribution in [0.15, 0.2) is 45.5 Å². The molecule has 0 aliphatic rings. The Kier molecular flexibility index (Phi) is 5.44. The van der Waals surface area contributed by atoms with E-state index in [9.17, 15) is 10.1 Å². The molecule has 0 spiro atoms. The lowest BCUT2D eigenvalue weighted by atomic mass is 10.1. The van der Waals surface area contributed by atoms with Crippen molar-refractivity contribution in [2.75, 3.05) is 0 Å². The molecule has 1 aromatic heterocycles. The molecule has 0 saturated heterocycles. The summed E-state index contributed by atoms with van der Waals surface area (Å²) in [5.74, 6) is 1.19. The summed E-state index contributed by atoms with van der Waals surface area (Å²) >= 11 is 6.70. The lowest BCUT2D eigenvalue weighted by Gasteiger charge is -2.10. The van der Waals surface area contributed by atoms with Crippen molar-refractivity contribution in [2.24, 2.45) is 0 Å². The van der Waals surface area contributed by atoms with E-state index in [-0.39, 0.29) is 5.69 Å². The van der Waals surface area contributed by atoms with Gasteiger partial charge in [-0.05, 0) is 68.5 Å². The quantitative estimate of drug-likeness (QED) is 0.322. The Balaban J connectivity index is 1.94. The number of benzene rings is 2. The van der Waals surface area contributed by atoms with E-state index in [1.807, 2.05) is 24.4 Å². The highest BCUT2D eigenvalue weighted by Gasteiger charge is 2.16. The molecule has 0 aliphatic heterocycles. The van der Waals surface area contributed by atoms with Gasteiger partial charge < -0.3 is 9.72 Å². The third-order valence-electron chi connectivity index (χ3n) is 3.95. The molecule has 0 bridgehead atoms. The molecule has 2 aromatic carbocycles. The van der Waals surface area contributed by atoms with Crippen LogP contribution in [0.2, 0.25) is 0 Å². The fourth-order valence-corrected chi connectivity index (χ4v) is 3.99. The number of H-pyrrole nitrogens is 1. The number of halogens is 2. The van der Waals surface area contributed by atoms with Crippen molar-refractivity contribution in [1.29, 1.82) is 0 Å². The molecule has 0 aliphatic carbocycles. The molecule has 3 rings (SSSR count). The van der Waals surface area contributed by atoms with Gasteiger partial charge in [0.25, 0.3) is 5.69 Å². The first-order chi connectivity index (χ1) is 12.0. The predicted octanol–water partition coefficient (Wildman–Crippen LogP) is 6.74. The summed E-state index contributed by atoms with van der Waals surface area (Å²) in [7, 11) is 0. The lowest BCUT2D eigenvalue weighted by molar-refractivity contribution is -0.385. The summed E-state index contributed by atoms with van der Waals surface area (Å²) in [5.41, 5.74) is 2.33. The average Bonchev–Trinajstić information content (AvgIpc) is 2.98. The molecule has 0 unspecified atom stereocenters. The van der Waals surface area contributed by atoms with Gasteiger partial charge in [0, 0.05) is 29.2 Å². The molecule has 1 N–H and O–H groups in total. The van der Waals surface area contributed by atoms with Gasteiger partial charge in [0.15, 0.2) is 5.75 Å². The second-order valence-electron chi connectivity index (χ2n) is 5.72. The van der Waals surface area contributed by atoms with Crippen molar-refractivity contribution in [3.05, 3.63) is 61.2 Å². The maximum absolute atomic E-state index is 10.9. The minimum atomic E-state index is -0.439. The second kappa shape index (κ2) is 7.58. The summed E-state index contributed by atoms with van der Waals surface area (Å²) in [5, 5.41) is 12.1. The fourth-order valence-electron chi connectivity index (χ4n) is 2.66. The van der Waals surface area contributed by atoms with Crippen LogP contribution >= 0.6 is 31.9 Å². The molecule has 0 radical (unpaired) electrons. The summed E-state index contributed by atoms with van der Waals surface area (Å²) in [6.45, 7) is 2.17. The number of hydrogen-bond donors (Lipinski definition) is 1. The molecule has 1 heterocycles.